The second-order valence-corrected chi connectivity index (χ2v) is 15.9. The predicted molar refractivity (Wildman–Crippen MR) is 172 cm³/mol. The zero-order chi connectivity index (χ0) is 33.6. The molecule has 13 heteroatoms. The van der Waals surface area contributed by atoms with Crippen LogP contribution >= 0.6 is 11.6 Å². The van der Waals surface area contributed by atoms with Crippen molar-refractivity contribution >= 4 is 33.2 Å². The Labute approximate surface area is 278 Å². The average Bonchev–Trinajstić information content (AvgIpc) is 3.15. The van der Waals surface area contributed by atoms with Gasteiger partial charge in [0.1, 0.15) is 5.75 Å². The van der Waals surface area contributed by atoms with Crippen molar-refractivity contribution in [1.82, 2.24) is 4.72 Å². The van der Waals surface area contributed by atoms with Crippen LogP contribution in [0.15, 0.2) is 48.6 Å². The van der Waals surface area contributed by atoms with E-state index >= 15 is 0 Å². The minimum atomic E-state index is -4.91. The molecule has 0 aromatic heterocycles. The van der Waals surface area contributed by atoms with E-state index in [0.717, 1.165) is 25.7 Å². The van der Waals surface area contributed by atoms with Crippen LogP contribution in [-0.2, 0) is 26.6 Å². The molecule has 0 saturated heterocycles. The summed E-state index contributed by atoms with van der Waals surface area (Å²) >= 11 is 6.38. The fourth-order valence-electron chi connectivity index (χ4n) is 7.92. The molecule has 2 unspecified atom stereocenters. The summed E-state index contributed by atoms with van der Waals surface area (Å²) in [5.74, 6) is 0.108. The molecule has 8 nitrogen and oxygen atoms in total. The molecule has 2 bridgehead atoms. The molecular weight excluding hydrogens is 657 g/mol. The van der Waals surface area contributed by atoms with Crippen LogP contribution < -0.4 is 14.4 Å². The molecule has 1 amide bonds. The number of allylic oxidation sites excluding steroid dienone is 1. The first-order valence-corrected chi connectivity index (χ1v) is 18.1. The molecule has 6 rings (SSSR count). The number of hydrogen-bond acceptors (Lipinski definition) is 7. The monoisotopic (exact) mass is 696 g/mol. The number of halogens is 4. The van der Waals surface area contributed by atoms with Crippen LogP contribution in [0, 0.1) is 17.8 Å². The number of anilines is 1. The van der Waals surface area contributed by atoms with Crippen LogP contribution in [0.4, 0.5) is 18.9 Å². The molecule has 2 aliphatic carbocycles. The summed E-state index contributed by atoms with van der Waals surface area (Å²) in [6.07, 6.45) is 0.861. The van der Waals surface area contributed by atoms with E-state index in [0.29, 0.717) is 42.1 Å². The van der Waals surface area contributed by atoms with Crippen molar-refractivity contribution in [2.24, 2.45) is 17.8 Å². The summed E-state index contributed by atoms with van der Waals surface area (Å²) in [6.45, 7) is 2.88. The number of nitrogens with one attached hydrogen (secondary N) is 1. The number of ether oxygens (including phenoxy) is 2. The van der Waals surface area contributed by atoms with Crippen molar-refractivity contribution in [2.45, 2.75) is 75.0 Å². The summed E-state index contributed by atoms with van der Waals surface area (Å²) in [5, 5.41) is 10.6. The zero-order valence-electron chi connectivity index (χ0n) is 26.1. The highest BCUT2D eigenvalue weighted by Gasteiger charge is 2.46. The number of hydrogen-bond donors (Lipinski definition) is 2. The highest BCUT2D eigenvalue weighted by molar-refractivity contribution is 7.90. The number of aliphatic hydroxyl groups excluding tert-OH is 1. The van der Waals surface area contributed by atoms with Crippen molar-refractivity contribution in [2.75, 3.05) is 31.2 Å². The second kappa shape index (κ2) is 13.2. The molecule has 256 valence electrons. The quantitative estimate of drug-likeness (QED) is 0.371. The molecule has 2 N–H and O–H groups in total. The van der Waals surface area contributed by atoms with Gasteiger partial charge >= 0.3 is 6.36 Å². The van der Waals surface area contributed by atoms with Gasteiger partial charge in [-0.1, -0.05) is 36.7 Å². The maximum atomic E-state index is 13.5. The Hall–Kier alpha value is -2.80. The third-order valence-electron chi connectivity index (χ3n) is 10.5. The molecule has 2 aromatic rings. The number of amides is 1. The van der Waals surface area contributed by atoms with Gasteiger partial charge in [-0.15, -0.1) is 13.2 Å². The lowest BCUT2D eigenvalue weighted by atomic mass is 9.62. The SMILES string of the molecule is CC1C[C@@H]2C1CN1C[C@@]3(CCCc4cc(Cl)ccc43)COc3ccc(cc31)C(=O)NS(=O)(=O)[C@@H](CCOC(F)(F)F)CC/C=C/[C@@H]2O. The molecule has 2 aliphatic heterocycles. The number of nitrogens with zero attached hydrogens (tertiary/aromatic N) is 1. The summed E-state index contributed by atoms with van der Waals surface area (Å²) in [5.41, 5.74) is 2.74. The lowest BCUT2D eigenvalue weighted by Crippen LogP contribution is -2.52. The Kier molecular flexibility index (Phi) is 9.61. The highest BCUT2D eigenvalue weighted by Crippen LogP contribution is 2.48. The van der Waals surface area contributed by atoms with Gasteiger partial charge in [0.25, 0.3) is 5.91 Å². The van der Waals surface area contributed by atoms with Gasteiger partial charge in [-0.3, -0.25) is 9.53 Å². The first kappa shape index (κ1) is 34.1. The standard InChI is InChI=1S/C34H40ClF3N2O6S/c1-21-15-26-27(21)18-40-19-33(13-4-5-22-16-24(35)9-10-28(22)33)20-45-31-11-8-23(17-29(31)40)32(42)39-47(43,44)25(6-2-3-7-30(26)41)12-14-46-34(36,37)38/h3,7-11,16-17,21,25-27,30,41H,2,4-6,12-15,18-20H2,1H3,(H,39,42)/b7-3+/t21?,25-,26-,27?,30+,33+/m1/s1. The third-order valence-corrected chi connectivity index (χ3v) is 12.5. The normalized spacial score (nSPS) is 31.4. The largest absolute Gasteiger partial charge is 0.522 e. The minimum Gasteiger partial charge on any atom is -0.490 e. The van der Waals surface area contributed by atoms with Gasteiger partial charge in [-0.2, -0.15) is 0 Å². The predicted octanol–water partition coefficient (Wildman–Crippen LogP) is 6.15. The Bertz CT molecular complexity index is 1640. The molecule has 2 aromatic carbocycles. The van der Waals surface area contributed by atoms with E-state index in [-0.39, 0.29) is 35.7 Å². The van der Waals surface area contributed by atoms with Gasteiger partial charge < -0.3 is 14.7 Å². The smallest absolute Gasteiger partial charge is 0.490 e. The van der Waals surface area contributed by atoms with Crippen LogP contribution in [0.2, 0.25) is 5.02 Å². The summed E-state index contributed by atoms with van der Waals surface area (Å²) < 4.78 is 77.2. The number of carbonyl (C=O) groups excluding carboxylic acids is 1. The number of aliphatic hydroxyl groups is 1. The number of fused-ring (bicyclic) bond motifs is 4. The Morgan fingerprint density at radius 3 is 2.77 bits per heavy atom. The van der Waals surface area contributed by atoms with Crippen molar-refractivity contribution in [3.63, 3.8) is 0 Å². The van der Waals surface area contributed by atoms with Crippen LogP contribution in [0.1, 0.15) is 66.9 Å². The van der Waals surface area contributed by atoms with E-state index in [9.17, 15) is 31.5 Å². The first-order chi connectivity index (χ1) is 22.2. The Balaban J connectivity index is 1.38. The van der Waals surface area contributed by atoms with E-state index in [1.54, 1.807) is 24.3 Å². The average molecular weight is 697 g/mol. The highest BCUT2D eigenvalue weighted by atomic mass is 35.5. The minimum absolute atomic E-state index is 0.0404. The lowest BCUT2D eigenvalue weighted by Gasteiger charge is -2.49. The maximum absolute atomic E-state index is 13.5. The molecule has 47 heavy (non-hydrogen) atoms. The fourth-order valence-corrected chi connectivity index (χ4v) is 9.51. The van der Waals surface area contributed by atoms with Gasteiger partial charge in [-0.25, -0.2) is 13.1 Å². The van der Waals surface area contributed by atoms with Crippen LogP contribution in [0.25, 0.3) is 0 Å². The number of sulfonamides is 1. The summed E-state index contributed by atoms with van der Waals surface area (Å²) in [4.78, 5) is 15.7. The summed E-state index contributed by atoms with van der Waals surface area (Å²) in [7, 11) is -4.40. The van der Waals surface area contributed by atoms with Crippen molar-refractivity contribution < 1.29 is 41.0 Å². The van der Waals surface area contributed by atoms with Crippen molar-refractivity contribution in [3.8, 4) is 5.75 Å². The summed E-state index contributed by atoms with van der Waals surface area (Å²) in [6, 6.07) is 10.8. The molecule has 1 spiro atoms. The van der Waals surface area contributed by atoms with E-state index in [1.807, 2.05) is 12.1 Å². The zero-order valence-corrected chi connectivity index (χ0v) is 27.7. The van der Waals surface area contributed by atoms with Gasteiger partial charge in [0.15, 0.2) is 0 Å². The van der Waals surface area contributed by atoms with E-state index < -0.39 is 46.7 Å². The first-order valence-electron chi connectivity index (χ1n) is 16.2. The molecule has 1 fully saturated rings. The van der Waals surface area contributed by atoms with Gasteiger partial charge in [-0.05, 0) is 104 Å². The van der Waals surface area contributed by atoms with Gasteiger partial charge in [0, 0.05) is 29.1 Å². The number of rotatable bonds is 3. The molecular formula is C34H40ClF3N2O6S. The second-order valence-electron chi connectivity index (χ2n) is 13.5. The van der Waals surface area contributed by atoms with Gasteiger partial charge in [0.2, 0.25) is 10.0 Å². The van der Waals surface area contributed by atoms with Crippen molar-refractivity contribution in [3.05, 3.63) is 70.3 Å². The van der Waals surface area contributed by atoms with Crippen LogP contribution in [-0.4, -0.2) is 63.5 Å². The number of benzene rings is 2. The van der Waals surface area contributed by atoms with E-state index in [1.165, 1.54) is 17.2 Å². The fraction of sp³-hybridized carbons (Fsp3) is 0.559. The molecule has 2 heterocycles. The van der Waals surface area contributed by atoms with Crippen LogP contribution in [0.5, 0.6) is 5.75 Å². The van der Waals surface area contributed by atoms with Crippen molar-refractivity contribution in [1.29, 1.82) is 0 Å². The Morgan fingerprint density at radius 1 is 1.19 bits per heavy atom. The Morgan fingerprint density at radius 2 is 2.00 bits per heavy atom. The molecule has 4 aliphatic rings. The lowest BCUT2D eigenvalue weighted by molar-refractivity contribution is -0.324. The maximum Gasteiger partial charge on any atom is 0.522 e. The van der Waals surface area contributed by atoms with Gasteiger partial charge in [0.05, 0.1) is 30.3 Å². The van der Waals surface area contributed by atoms with Crippen LogP contribution in [0.3, 0.4) is 0 Å². The number of carbonyl (C=O) groups is 1. The molecule has 1 saturated carbocycles. The molecule has 6 atom stereocenters. The number of aryl methyl sites for hydroxylation is 1. The third kappa shape index (κ3) is 7.30. The molecule has 0 radical (unpaired) electrons. The number of alkyl halides is 3. The van der Waals surface area contributed by atoms with E-state index in [4.69, 9.17) is 16.3 Å². The topological polar surface area (TPSA) is 105 Å². The van der Waals surface area contributed by atoms with E-state index in [2.05, 4.69) is 27.3 Å².